The van der Waals surface area contributed by atoms with Gasteiger partial charge in [-0.2, -0.15) is 0 Å². The summed E-state index contributed by atoms with van der Waals surface area (Å²) in [7, 11) is 1.15. The molecule has 0 aliphatic rings. The number of hydrogen-bond donors (Lipinski definition) is 2. The molecule has 13 nitrogen and oxygen atoms in total. The van der Waals surface area contributed by atoms with Crippen LogP contribution in [0.1, 0.15) is 50.0 Å². The zero-order chi connectivity index (χ0) is 33.9. The van der Waals surface area contributed by atoms with E-state index in [0.29, 0.717) is 16.3 Å². The highest BCUT2D eigenvalue weighted by Crippen LogP contribution is 2.31. The molecule has 242 valence electrons. The Kier molecular flexibility index (Phi) is 9.47. The summed E-state index contributed by atoms with van der Waals surface area (Å²) in [5.41, 5.74) is 0.189. The second kappa shape index (κ2) is 13.5. The van der Waals surface area contributed by atoms with E-state index in [4.69, 9.17) is 21.0 Å². The molecule has 0 aliphatic carbocycles. The maximum Gasteiger partial charge on any atom is 0.411 e. The minimum Gasteiger partial charge on any atom is -0.453 e. The van der Waals surface area contributed by atoms with Gasteiger partial charge < -0.3 is 14.5 Å². The topological polar surface area (TPSA) is 171 Å². The van der Waals surface area contributed by atoms with Crippen LogP contribution in [0, 0.1) is 5.92 Å². The predicted molar refractivity (Wildman–Crippen MR) is 174 cm³/mol. The monoisotopic (exact) mass is 657 g/mol. The van der Waals surface area contributed by atoms with Crippen molar-refractivity contribution in [3.05, 3.63) is 99.7 Å². The summed E-state index contributed by atoms with van der Waals surface area (Å²) in [5.74, 6) is -1.58. The second-order valence-corrected chi connectivity index (χ2v) is 12.0. The molecule has 0 bridgehead atoms. The lowest BCUT2D eigenvalue weighted by atomic mass is 9.88. The molecule has 2 N–H and O–H groups in total. The van der Waals surface area contributed by atoms with Gasteiger partial charge in [0.2, 0.25) is 17.6 Å². The lowest BCUT2D eigenvalue weighted by Gasteiger charge is -2.21. The number of hydrogen-bond acceptors (Lipinski definition) is 10. The first-order valence-electron chi connectivity index (χ1n) is 14.6. The molecule has 0 saturated heterocycles. The lowest BCUT2D eigenvalue weighted by Crippen LogP contribution is -2.46. The van der Waals surface area contributed by atoms with E-state index in [1.807, 2.05) is 38.1 Å². The molecule has 1 atom stereocenters. The first kappa shape index (κ1) is 32.9. The number of Topliss-reactive ketones (excluding diaryl/α,β-unsaturated/α-hetero) is 1. The van der Waals surface area contributed by atoms with E-state index in [0.717, 1.165) is 22.6 Å². The Balaban J connectivity index is 1.39. The number of rotatable bonds is 10. The highest BCUT2D eigenvalue weighted by molar-refractivity contribution is 6.31. The van der Waals surface area contributed by atoms with Crippen molar-refractivity contribution in [2.75, 3.05) is 12.4 Å². The van der Waals surface area contributed by atoms with E-state index >= 15 is 0 Å². The number of ketones is 1. The first-order valence-corrected chi connectivity index (χ1v) is 15.0. The van der Waals surface area contributed by atoms with Crippen LogP contribution in [-0.2, 0) is 21.5 Å². The molecule has 0 unspecified atom stereocenters. The molecule has 3 aromatic heterocycles. The maximum atomic E-state index is 13.6. The average Bonchev–Trinajstić information content (AvgIpc) is 3.57. The molecule has 0 spiro atoms. The molecule has 47 heavy (non-hydrogen) atoms. The number of methoxy groups -OCH3 is 1. The summed E-state index contributed by atoms with van der Waals surface area (Å²) >= 11 is 6.11. The van der Waals surface area contributed by atoms with Crippen LogP contribution in [0.2, 0.25) is 5.02 Å². The standard InChI is InChI=1S/C33H32ClN7O6/c1-18(2)26(27(43)29-39-40-31(47-29)33(3,4)24-14-11-20-15-21(34)12-13-22(20)36-24)38-25(42)17-41-28(19-9-7-6-8-10-19)35-16-23(30(41)44)37-32(45)46-5/h6-16,18,26H,17H2,1-5H3,(H,37,45)(H,38,42)/t26-/m1/s1. The number of ether oxygens (including phenoxy) is 1. The molecule has 5 rings (SSSR count). The largest absolute Gasteiger partial charge is 0.453 e. The summed E-state index contributed by atoms with van der Waals surface area (Å²) < 4.78 is 11.6. The number of nitrogens with one attached hydrogen (secondary N) is 2. The number of carbonyl (C=O) groups is 3. The fourth-order valence-corrected chi connectivity index (χ4v) is 5.04. The van der Waals surface area contributed by atoms with Gasteiger partial charge in [-0.25, -0.2) is 9.78 Å². The third-order valence-corrected chi connectivity index (χ3v) is 7.77. The third kappa shape index (κ3) is 7.04. The lowest BCUT2D eigenvalue weighted by molar-refractivity contribution is -0.122. The van der Waals surface area contributed by atoms with E-state index in [9.17, 15) is 19.2 Å². The highest BCUT2D eigenvalue weighted by atomic mass is 35.5. The summed E-state index contributed by atoms with van der Waals surface area (Å²) in [6, 6.07) is 16.8. The van der Waals surface area contributed by atoms with Crippen LogP contribution in [0.4, 0.5) is 10.5 Å². The quantitative estimate of drug-likeness (QED) is 0.194. The summed E-state index contributed by atoms with van der Waals surface area (Å²) in [4.78, 5) is 61.3. The van der Waals surface area contributed by atoms with Gasteiger partial charge in [-0.1, -0.05) is 61.8 Å². The number of fused-ring (bicyclic) bond motifs is 1. The molecule has 0 saturated carbocycles. The predicted octanol–water partition coefficient (Wildman–Crippen LogP) is 5.02. The van der Waals surface area contributed by atoms with Crippen LogP contribution >= 0.6 is 11.6 Å². The summed E-state index contributed by atoms with van der Waals surface area (Å²) in [6.07, 6.45) is 0.315. The Morgan fingerprint density at radius 2 is 1.79 bits per heavy atom. The van der Waals surface area contributed by atoms with Gasteiger partial charge in [0, 0.05) is 16.0 Å². The van der Waals surface area contributed by atoms with Gasteiger partial charge in [0.05, 0.1) is 36.0 Å². The number of aromatic nitrogens is 5. The van der Waals surface area contributed by atoms with Crippen LogP contribution < -0.4 is 16.2 Å². The van der Waals surface area contributed by atoms with E-state index in [-0.39, 0.29) is 29.2 Å². The number of anilines is 1. The number of carbonyl (C=O) groups excluding carboxylic acids is 3. The molecule has 14 heteroatoms. The Hall–Kier alpha value is -5.43. The van der Waals surface area contributed by atoms with Crippen molar-refractivity contribution in [3.63, 3.8) is 0 Å². The molecule has 2 aromatic carbocycles. The first-order chi connectivity index (χ1) is 22.4. The Morgan fingerprint density at radius 1 is 1.04 bits per heavy atom. The summed E-state index contributed by atoms with van der Waals surface area (Å²) in [5, 5.41) is 14.7. The van der Waals surface area contributed by atoms with Gasteiger partial charge in [-0.3, -0.25) is 29.3 Å². The van der Waals surface area contributed by atoms with Crippen molar-refractivity contribution in [1.29, 1.82) is 0 Å². The van der Waals surface area contributed by atoms with E-state index in [2.05, 4.69) is 30.6 Å². The molecule has 2 amide bonds. The van der Waals surface area contributed by atoms with Gasteiger partial charge in [-0.05, 0) is 44.0 Å². The molecule has 0 aliphatic heterocycles. The van der Waals surface area contributed by atoms with Crippen LogP contribution in [-0.4, -0.2) is 55.7 Å². The molecular weight excluding hydrogens is 626 g/mol. The third-order valence-electron chi connectivity index (χ3n) is 7.53. The van der Waals surface area contributed by atoms with Gasteiger partial charge in [0.25, 0.3) is 11.4 Å². The molecule has 5 aromatic rings. The average molecular weight is 658 g/mol. The molecule has 0 fully saturated rings. The van der Waals surface area contributed by atoms with Crippen molar-refractivity contribution < 1.29 is 23.5 Å². The maximum absolute atomic E-state index is 13.6. The smallest absolute Gasteiger partial charge is 0.411 e. The van der Waals surface area contributed by atoms with Crippen LogP contribution in [0.3, 0.4) is 0 Å². The Morgan fingerprint density at radius 3 is 2.49 bits per heavy atom. The van der Waals surface area contributed by atoms with Crippen LogP contribution in [0.25, 0.3) is 22.3 Å². The van der Waals surface area contributed by atoms with Crippen molar-refractivity contribution in [3.8, 4) is 11.4 Å². The fourth-order valence-electron chi connectivity index (χ4n) is 4.86. The molecule has 0 radical (unpaired) electrons. The Labute approximate surface area is 274 Å². The number of halogens is 1. The fraction of sp³-hybridized carbons (Fsp3) is 0.273. The van der Waals surface area contributed by atoms with Crippen molar-refractivity contribution in [2.45, 2.75) is 45.7 Å². The van der Waals surface area contributed by atoms with Crippen molar-refractivity contribution in [2.24, 2.45) is 5.92 Å². The van der Waals surface area contributed by atoms with Crippen molar-refractivity contribution in [1.82, 2.24) is 30.0 Å². The van der Waals surface area contributed by atoms with Gasteiger partial charge in [0.15, 0.2) is 0 Å². The van der Waals surface area contributed by atoms with E-state index in [1.165, 1.54) is 6.20 Å². The van der Waals surface area contributed by atoms with E-state index in [1.54, 1.807) is 50.2 Å². The number of benzene rings is 2. The van der Waals surface area contributed by atoms with Crippen LogP contribution in [0.15, 0.2) is 76.1 Å². The second-order valence-electron chi connectivity index (χ2n) is 11.6. The number of amides is 2. The zero-order valence-corrected chi connectivity index (χ0v) is 27.0. The van der Waals surface area contributed by atoms with Gasteiger partial charge in [-0.15, -0.1) is 10.2 Å². The van der Waals surface area contributed by atoms with Gasteiger partial charge in [0.1, 0.15) is 18.1 Å². The SMILES string of the molecule is COC(=O)Nc1cnc(-c2ccccc2)n(CC(=O)N[C@@H](C(=O)c2nnc(C(C)(C)c3ccc4cc(Cl)ccc4n3)o2)C(C)C)c1=O. The molecule has 3 heterocycles. The number of pyridine rings is 1. The molecular formula is C33H32ClN7O6. The zero-order valence-electron chi connectivity index (χ0n) is 26.3. The minimum atomic E-state index is -1.07. The summed E-state index contributed by atoms with van der Waals surface area (Å²) in [6.45, 7) is 6.68. The van der Waals surface area contributed by atoms with Crippen LogP contribution in [0.5, 0.6) is 0 Å². The highest BCUT2D eigenvalue weighted by Gasteiger charge is 2.35. The van der Waals surface area contributed by atoms with Gasteiger partial charge >= 0.3 is 6.09 Å². The van der Waals surface area contributed by atoms with E-state index < -0.39 is 41.3 Å². The number of nitrogens with zero attached hydrogens (tertiary/aromatic N) is 5. The Bertz CT molecular complexity index is 2020. The normalized spacial score (nSPS) is 12.1. The van der Waals surface area contributed by atoms with Crippen molar-refractivity contribution >= 4 is 46.0 Å². The minimum absolute atomic E-state index is 0.163.